The first-order valence-electron chi connectivity index (χ1n) is 10.1. The van der Waals surface area contributed by atoms with E-state index < -0.39 is 18.0 Å². The number of anilines is 1. The summed E-state index contributed by atoms with van der Waals surface area (Å²) in [7, 11) is 0. The number of alkyl carbamates (subject to hydrolysis) is 1. The minimum absolute atomic E-state index is 0.257. The van der Waals surface area contributed by atoms with Gasteiger partial charge in [-0.25, -0.2) is 9.18 Å². The van der Waals surface area contributed by atoms with Crippen molar-refractivity contribution in [1.82, 2.24) is 10.3 Å². The molecule has 0 spiro atoms. The van der Waals surface area contributed by atoms with Crippen molar-refractivity contribution in [3.8, 4) is 0 Å². The van der Waals surface area contributed by atoms with E-state index in [2.05, 4.69) is 28.2 Å². The van der Waals surface area contributed by atoms with Gasteiger partial charge in [0.2, 0.25) is 0 Å². The van der Waals surface area contributed by atoms with Crippen LogP contribution in [0.4, 0.5) is 14.9 Å². The summed E-state index contributed by atoms with van der Waals surface area (Å²) >= 11 is 4.33. The van der Waals surface area contributed by atoms with Crippen LogP contribution in [0.25, 0.3) is 0 Å². The van der Waals surface area contributed by atoms with E-state index in [9.17, 15) is 14.0 Å². The predicted molar refractivity (Wildman–Crippen MR) is 123 cm³/mol. The van der Waals surface area contributed by atoms with Crippen LogP contribution in [0.2, 0.25) is 0 Å². The van der Waals surface area contributed by atoms with Crippen molar-refractivity contribution >= 4 is 30.3 Å². The number of nitrogens with zero attached hydrogens (tertiary/aromatic N) is 1. The molecule has 0 unspecified atom stereocenters. The summed E-state index contributed by atoms with van der Waals surface area (Å²) < 4.78 is 18.9. The average molecular weight is 454 g/mol. The van der Waals surface area contributed by atoms with Crippen LogP contribution in [-0.2, 0) is 4.74 Å². The van der Waals surface area contributed by atoms with E-state index in [0.717, 1.165) is 11.8 Å². The van der Waals surface area contributed by atoms with Gasteiger partial charge in [0.25, 0.3) is 5.91 Å². The smallest absolute Gasteiger partial charge is 0.408 e. The number of thiol groups is 1. The van der Waals surface area contributed by atoms with E-state index >= 15 is 0 Å². The summed E-state index contributed by atoms with van der Waals surface area (Å²) in [6.45, 7) is 3.64. The number of pyridine rings is 1. The Morgan fingerprint density at radius 3 is 2.47 bits per heavy atom. The third kappa shape index (κ3) is 6.07. The number of amides is 2. The molecule has 0 saturated carbocycles. The van der Waals surface area contributed by atoms with Crippen LogP contribution in [0, 0.1) is 5.82 Å². The lowest BCUT2D eigenvalue weighted by Gasteiger charge is -2.19. The monoisotopic (exact) mass is 453 g/mol. The minimum atomic E-state index is -0.624. The molecule has 2 aromatic carbocycles. The van der Waals surface area contributed by atoms with E-state index in [4.69, 9.17) is 4.74 Å². The first-order valence-corrected chi connectivity index (χ1v) is 10.6. The molecule has 32 heavy (non-hydrogen) atoms. The number of aromatic nitrogens is 1. The molecule has 0 bridgehead atoms. The van der Waals surface area contributed by atoms with Gasteiger partial charge in [0.1, 0.15) is 11.9 Å². The number of para-hydroxylation sites is 1. The molecule has 2 atom stereocenters. The first kappa shape index (κ1) is 23.3. The number of benzene rings is 2. The number of ether oxygens (including phenoxy) is 1. The van der Waals surface area contributed by atoms with Gasteiger partial charge in [-0.2, -0.15) is 0 Å². The van der Waals surface area contributed by atoms with Gasteiger partial charge in [-0.3, -0.25) is 9.78 Å². The van der Waals surface area contributed by atoms with Gasteiger partial charge in [0.15, 0.2) is 0 Å². The second kappa shape index (κ2) is 10.8. The minimum Gasteiger partial charge on any atom is -0.441 e. The summed E-state index contributed by atoms with van der Waals surface area (Å²) in [5, 5.41) is 5.57. The average Bonchev–Trinajstić information content (AvgIpc) is 2.79. The number of carbonyl (C=O) groups is 2. The molecule has 0 aliphatic heterocycles. The highest BCUT2D eigenvalue weighted by Gasteiger charge is 2.18. The van der Waals surface area contributed by atoms with Crippen LogP contribution < -0.4 is 10.6 Å². The number of carbonyl (C=O) groups excluding carboxylic acids is 2. The second-order valence-electron chi connectivity index (χ2n) is 7.20. The molecule has 8 heteroatoms. The van der Waals surface area contributed by atoms with Gasteiger partial charge < -0.3 is 15.4 Å². The lowest BCUT2D eigenvalue weighted by atomic mass is 10.1. The van der Waals surface area contributed by atoms with Gasteiger partial charge in [0, 0.05) is 22.2 Å². The molecular formula is C24H24FN3O3S. The Morgan fingerprint density at radius 1 is 1.09 bits per heavy atom. The molecule has 0 radical (unpaired) electrons. The number of halogens is 1. The Hall–Kier alpha value is -3.39. The van der Waals surface area contributed by atoms with Crippen LogP contribution in [-0.4, -0.2) is 17.0 Å². The molecule has 166 valence electrons. The normalized spacial score (nSPS) is 12.5. The highest BCUT2D eigenvalue weighted by atomic mass is 32.1. The van der Waals surface area contributed by atoms with E-state index in [0.29, 0.717) is 28.1 Å². The maximum absolute atomic E-state index is 13.4. The molecule has 0 fully saturated rings. The highest BCUT2D eigenvalue weighted by molar-refractivity contribution is 7.80. The standard InChI is InChI=1S/C24H24FN3O3S/c1-3-21(18-12-19(25)14-26-13-18)31-24(30)27-15(2)16-8-10-17(11-9-16)23(29)28-20-6-4-5-7-22(20)32/h4-15,21,32H,3H2,1-2H3,(H,27,30)(H,28,29)/t15-,21-/m0/s1. The molecule has 6 nitrogen and oxygen atoms in total. The number of hydrogen-bond acceptors (Lipinski definition) is 5. The summed E-state index contributed by atoms with van der Waals surface area (Å²) in [5.74, 6) is -0.743. The number of nitrogens with one attached hydrogen (secondary N) is 2. The Bertz CT molecular complexity index is 1090. The SMILES string of the molecule is CC[C@H](OC(=O)N[C@@H](C)c1ccc(C(=O)Nc2ccccc2S)cc1)c1cncc(F)c1. The first-order chi connectivity index (χ1) is 15.4. The van der Waals surface area contributed by atoms with Gasteiger partial charge in [0.05, 0.1) is 17.9 Å². The fourth-order valence-electron chi connectivity index (χ4n) is 3.11. The molecule has 2 N–H and O–H groups in total. The molecule has 1 aromatic heterocycles. The van der Waals surface area contributed by atoms with Gasteiger partial charge in [-0.1, -0.05) is 31.2 Å². The van der Waals surface area contributed by atoms with E-state index in [-0.39, 0.29) is 11.9 Å². The molecule has 2 amide bonds. The lowest BCUT2D eigenvalue weighted by molar-refractivity contribution is 0.0922. The molecule has 0 aliphatic carbocycles. The zero-order valence-electron chi connectivity index (χ0n) is 17.7. The van der Waals surface area contributed by atoms with Crippen LogP contribution >= 0.6 is 12.6 Å². The molecule has 1 heterocycles. The van der Waals surface area contributed by atoms with Crippen LogP contribution in [0.3, 0.4) is 0 Å². The van der Waals surface area contributed by atoms with Crippen molar-refractivity contribution in [2.24, 2.45) is 0 Å². The third-order valence-corrected chi connectivity index (χ3v) is 5.27. The highest BCUT2D eigenvalue weighted by Crippen LogP contribution is 2.23. The van der Waals surface area contributed by atoms with Gasteiger partial charge >= 0.3 is 6.09 Å². The summed E-state index contributed by atoms with van der Waals surface area (Å²) in [4.78, 5) is 29.3. The van der Waals surface area contributed by atoms with E-state index in [1.165, 1.54) is 12.3 Å². The van der Waals surface area contributed by atoms with Crippen molar-refractivity contribution in [1.29, 1.82) is 0 Å². The Balaban J connectivity index is 1.59. The fourth-order valence-corrected chi connectivity index (χ4v) is 3.33. The summed E-state index contributed by atoms with van der Waals surface area (Å²) in [6, 6.07) is 15.1. The van der Waals surface area contributed by atoms with Crippen molar-refractivity contribution in [2.45, 2.75) is 37.3 Å². The lowest BCUT2D eigenvalue weighted by Crippen LogP contribution is -2.28. The van der Waals surface area contributed by atoms with Crippen molar-refractivity contribution in [3.05, 3.63) is 89.5 Å². The fraction of sp³-hybridized carbons (Fsp3) is 0.208. The topological polar surface area (TPSA) is 80.3 Å². The van der Waals surface area contributed by atoms with Crippen LogP contribution in [0.1, 0.15) is 53.9 Å². The summed E-state index contributed by atoms with van der Waals surface area (Å²) in [5.41, 5.74) is 2.40. The van der Waals surface area contributed by atoms with Crippen LogP contribution in [0.15, 0.2) is 71.9 Å². The molecule has 3 aromatic rings. The Labute approximate surface area is 191 Å². The predicted octanol–water partition coefficient (Wildman–Crippen LogP) is 5.70. The largest absolute Gasteiger partial charge is 0.441 e. The van der Waals surface area contributed by atoms with E-state index in [1.807, 2.05) is 19.1 Å². The van der Waals surface area contributed by atoms with E-state index in [1.54, 1.807) is 43.3 Å². The van der Waals surface area contributed by atoms with Crippen molar-refractivity contribution in [2.75, 3.05) is 5.32 Å². The zero-order valence-corrected chi connectivity index (χ0v) is 18.6. The third-order valence-electron chi connectivity index (χ3n) is 4.88. The number of hydrogen-bond donors (Lipinski definition) is 3. The molecule has 3 rings (SSSR count). The second-order valence-corrected chi connectivity index (χ2v) is 7.68. The Morgan fingerprint density at radius 2 is 1.81 bits per heavy atom. The van der Waals surface area contributed by atoms with Crippen molar-refractivity contribution in [3.63, 3.8) is 0 Å². The quantitative estimate of drug-likeness (QED) is 0.401. The van der Waals surface area contributed by atoms with Crippen molar-refractivity contribution < 1.29 is 18.7 Å². The van der Waals surface area contributed by atoms with Gasteiger partial charge in [-0.15, -0.1) is 12.6 Å². The Kier molecular flexibility index (Phi) is 7.83. The molecule has 0 saturated heterocycles. The molecule has 0 aliphatic rings. The molecular weight excluding hydrogens is 429 g/mol. The maximum Gasteiger partial charge on any atom is 0.408 e. The van der Waals surface area contributed by atoms with Crippen LogP contribution in [0.5, 0.6) is 0 Å². The number of rotatable bonds is 7. The maximum atomic E-state index is 13.4. The van der Waals surface area contributed by atoms with Gasteiger partial charge in [-0.05, 0) is 49.2 Å². The summed E-state index contributed by atoms with van der Waals surface area (Å²) in [6.07, 6.45) is 1.82. The zero-order chi connectivity index (χ0) is 23.1.